The van der Waals surface area contributed by atoms with Gasteiger partial charge in [-0.05, 0) is 5.56 Å². The Balaban J connectivity index is 2.19. The van der Waals surface area contributed by atoms with E-state index < -0.39 is 16.1 Å². The second-order valence-electron chi connectivity index (χ2n) is 3.67. The Labute approximate surface area is 106 Å². The van der Waals surface area contributed by atoms with Gasteiger partial charge in [-0.2, -0.15) is 11.8 Å². The molecule has 1 atom stereocenters. The minimum Gasteiger partial charge on any atom is -0.388 e. The summed E-state index contributed by atoms with van der Waals surface area (Å²) in [4.78, 5) is 0. The molecule has 2 N–H and O–H groups in total. The lowest BCUT2D eigenvalue weighted by Gasteiger charge is -2.10. The smallest absolute Gasteiger partial charge is 0.208 e. The lowest BCUT2D eigenvalue weighted by atomic mass is 10.1. The molecule has 0 saturated heterocycles. The molecular weight excluding hydrogens is 258 g/mol. The zero-order chi connectivity index (χ0) is 12.7. The molecule has 0 heterocycles. The first-order valence-electron chi connectivity index (χ1n) is 5.24. The monoisotopic (exact) mass is 275 g/mol. The quantitative estimate of drug-likeness (QED) is 0.729. The van der Waals surface area contributed by atoms with Crippen LogP contribution in [0.3, 0.4) is 0 Å². The third-order valence-corrected chi connectivity index (χ3v) is 3.84. The fraction of sp³-hybridized carbons (Fsp3) is 0.455. The van der Waals surface area contributed by atoms with Crippen LogP contribution >= 0.6 is 11.8 Å². The van der Waals surface area contributed by atoms with Crippen LogP contribution < -0.4 is 4.72 Å². The summed E-state index contributed by atoms with van der Waals surface area (Å²) in [7, 11) is -3.10. The summed E-state index contributed by atoms with van der Waals surface area (Å²) < 4.78 is 24.0. The number of rotatable bonds is 7. The SMILES string of the molecule is CS(=O)(=O)NCCSC[C@H](O)c1ccccc1. The Bertz CT molecular complexity index is 420. The van der Waals surface area contributed by atoms with Gasteiger partial charge in [0.25, 0.3) is 0 Å². The summed E-state index contributed by atoms with van der Waals surface area (Å²) in [5.41, 5.74) is 0.885. The van der Waals surface area contributed by atoms with E-state index in [-0.39, 0.29) is 0 Å². The van der Waals surface area contributed by atoms with Gasteiger partial charge in [0.2, 0.25) is 10.0 Å². The molecule has 0 fully saturated rings. The van der Waals surface area contributed by atoms with E-state index in [1.807, 2.05) is 30.3 Å². The van der Waals surface area contributed by atoms with Crippen molar-refractivity contribution in [3.8, 4) is 0 Å². The van der Waals surface area contributed by atoms with Crippen LogP contribution in [0, 0.1) is 0 Å². The summed E-state index contributed by atoms with van der Waals surface area (Å²) in [6.07, 6.45) is 0.635. The number of nitrogens with one attached hydrogen (secondary N) is 1. The van der Waals surface area contributed by atoms with Crippen molar-refractivity contribution in [3.63, 3.8) is 0 Å². The molecule has 0 aliphatic heterocycles. The summed E-state index contributed by atoms with van der Waals surface area (Å²) in [6, 6.07) is 9.42. The van der Waals surface area contributed by atoms with E-state index in [2.05, 4.69) is 4.72 Å². The topological polar surface area (TPSA) is 66.4 Å². The zero-order valence-electron chi connectivity index (χ0n) is 9.67. The first-order valence-corrected chi connectivity index (χ1v) is 8.29. The molecule has 0 bridgehead atoms. The van der Waals surface area contributed by atoms with Crippen molar-refractivity contribution >= 4 is 21.8 Å². The highest BCUT2D eigenvalue weighted by Crippen LogP contribution is 2.17. The Morgan fingerprint density at radius 2 is 2.00 bits per heavy atom. The van der Waals surface area contributed by atoms with E-state index in [0.717, 1.165) is 11.8 Å². The van der Waals surface area contributed by atoms with Crippen LogP contribution in [0.25, 0.3) is 0 Å². The van der Waals surface area contributed by atoms with Gasteiger partial charge in [0.1, 0.15) is 0 Å². The second-order valence-corrected chi connectivity index (χ2v) is 6.65. The van der Waals surface area contributed by atoms with Gasteiger partial charge in [-0.1, -0.05) is 30.3 Å². The van der Waals surface area contributed by atoms with Gasteiger partial charge in [0.15, 0.2) is 0 Å². The van der Waals surface area contributed by atoms with Crippen molar-refractivity contribution in [2.24, 2.45) is 0 Å². The molecule has 0 aliphatic rings. The Morgan fingerprint density at radius 1 is 1.35 bits per heavy atom. The predicted octanol–water partition coefficient (Wildman–Crippen LogP) is 1.00. The number of aliphatic hydroxyl groups is 1. The van der Waals surface area contributed by atoms with Crippen molar-refractivity contribution < 1.29 is 13.5 Å². The van der Waals surface area contributed by atoms with Crippen molar-refractivity contribution in [1.82, 2.24) is 4.72 Å². The molecule has 1 rings (SSSR count). The lowest BCUT2D eigenvalue weighted by Crippen LogP contribution is -2.24. The highest BCUT2D eigenvalue weighted by molar-refractivity contribution is 7.99. The van der Waals surface area contributed by atoms with Crippen LogP contribution in [0.1, 0.15) is 11.7 Å². The molecule has 4 nitrogen and oxygen atoms in total. The molecular formula is C11H17NO3S2. The number of thioether (sulfide) groups is 1. The average molecular weight is 275 g/mol. The minimum absolute atomic E-state index is 0.394. The van der Waals surface area contributed by atoms with Crippen LogP contribution in [0.4, 0.5) is 0 Å². The van der Waals surface area contributed by atoms with Crippen molar-refractivity contribution in [3.05, 3.63) is 35.9 Å². The summed E-state index contributed by atoms with van der Waals surface area (Å²) in [5, 5.41) is 9.82. The summed E-state index contributed by atoms with van der Waals surface area (Å²) in [5.74, 6) is 1.21. The number of benzene rings is 1. The van der Waals surface area contributed by atoms with Crippen LogP contribution in [0.15, 0.2) is 30.3 Å². The van der Waals surface area contributed by atoms with Crippen molar-refractivity contribution in [1.29, 1.82) is 0 Å². The predicted molar refractivity (Wildman–Crippen MR) is 71.6 cm³/mol. The number of sulfonamides is 1. The van der Waals surface area contributed by atoms with Crippen LogP contribution in [-0.2, 0) is 10.0 Å². The first kappa shape index (κ1) is 14.5. The molecule has 0 saturated carbocycles. The lowest BCUT2D eigenvalue weighted by molar-refractivity contribution is 0.204. The van der Waals surface area contributed by atoms with Gasteiger partial charge in [-0.15, -0.1) is 0 Å². The molecule has 6 heteroatoms. The van der Waals surface area contributed by atoms with E-state index in [0.29, 0.717) is 18.1 Å². The van der Waals surface area contributed by atoms with Gasteiger partial charge in [-0.3, -0.25) is 0 Å². The molecule has 96 valence electrons. The number of hydrogen-bond acceptors (Lipinski definition) is 4. The van der Waals surface area contributed by atoms with Crippen molar-refractivity contribution in [2.75, 3.05) is 24.3 Å². The maximum atomic E-state index is 10.8. The van der Waals surface area contributed by atoms with E-state index in [9.17, 15) is 13.5 Å². The zero-order valence-corrected chi connectivity index (χ0v) is 11.3. The first-order chi connectivity index (χ1) is 7.99. The van der Waals surface area contributed by atoms with Crippen LogP contribution in [0.2, 0.25) is 0 Å². The van der Waals surface area contributed by atoms with Crippen LogP contribution in [-0.4, -0.2) is 37.8 Å². The highest BCUT2D eigenvalue weighted by Gasteiger charge is 2.06. The molecule has 0 unspecified atom stereocenters. The largest absolute Gasteiger partial charge is 0.388 e. The van der Waals surface area contributed by atoms with E-state index in [1.165, 1.54) is 11.8 Å². The molecule has 0 radical (unpaired) electrons. The maximum absolute atomic E-state index is 10.8. The van der Waals surface area contributed by atoms with Gasteiger partial charge in [-0.25, -0.2) is 13.1 Å². The van der Waals surface area contributed by atoms with Crippen LogP contribution in [0.5, 0.6) is 0 Å². The fourth-order valence-corrected chi connectivity index (χ4v) is 2.70. The Morgan fingerprint density at radius 3 is 2.59 bits per heavy atom. The van der Waals surface area contributed by atoms with E-state index in [4.69, 9.17) is 0 Å². The molecule has 0 spiro atoms. The third-order valence-electron chi connectivity index (χ3n) is 2.07. The number of aliphatic hydroxyl groups excluding tert-OH is 1. The van der Waals surface area contributed by atoms with Gasteiger partial charge in [0, 0.05) is 18.1 Å². The Hall–Kier alpha value is -0.560. The third kappa shape index (κ3) is 6.68. The second kappa shape index (κ2) is 7.00. The molecule has 1 aromatic carbocycles. The normalized spacial score (nSPS) is 13.5. The minimum atomic E-state index is -3.10. The fourth-order valence-electron chi connectivity index (χ4n) is 1.27. The van der Waals surface area contributed by atoms with E-state index >= 15 is 0 Å². The molecule has 0 amide bonds. The highest BCUT2D eigenvalue weighted by atomic mass is 32.2. The molecule has 1 aromatic rings. The molecule has 0 aliphatic carbocycles. The maximum Gasteiger partial charge on any atom is 0.208 e. The van der Waals surface area contributed by atoms with Gasteiger partial charge >= 0.3 is 0 Å². The average Bonchev–Trinajstić information content (AvgIpc) is 2.28. The van der Waals surface area contributed by atoms with Gasteiger partial charge < -0.3 is 5.11 Å². The van der Waals surface area contributed by atoms with Gasteiger partial charge in [0.05, 0.1) is 12.4 Å². The van der Waals surface area contributed by atoms with E-state index in [1.54, 1.807) is 0 Å². The molecule has 17 heavy (non-hydrogen) atoms. The summed E-state index contributed by atoms with van der Waals surface area (Å²) in [6.45, 7) is 0.394. The Kier molecular flexibility index (Phi) is 5.97. The standard InChI is InChI=1S/C11H17NO3S2/c1-17(14,15)12-7-8-16-9-11(13)10-5-3-2-4-6-10/h2-6,11-13H,7-9H2,1H3/t11-/m0/s1. The molecule has 0 aromatic heterocycles. The number of hydrogen-bond donors (Lipinski definition) is 2. The summed E-state index contributed by atoms with van der Waals surface area (Å²) >= 11 is 1.52. The van der Waals surface area contributed by atoms with Crippen molar-refractivity contribution in [2.45, 2.75) is 6.10 Å².